The van der Waals surface area contributed by atoms with Gasteiger partial charge in [0.15, 0.2) is 0 Å². The maximum atomic E-state index is 12.1. The number of nitrogens with one attached hydrogen (secondary N) is 1. The van der Waals surface area contributed by atoms with Gasteiger partial charge in [-0.1, -0.05) is 53.5 Å². The summed E-state index contributed by atoms with van der Waals surface area (Å²) in [6.45, 7) is 0. The molecule has 0 saturated carbocycles. The van der Waals surface area contributed by atoms with Gasteiger partial charge in [-0.15, -0.1) is 11.8 Å². The van der Waals surface area contributed by atoms with E-state index in [-0.39, 0.29) is 11.7 Å². The molecule has 0 aromatic heterocycles. The molecule has 126 valence electrons. The van der Waals surface area contributed by atoms with E-state index in [9.17, 15) is 9.59 Å². The van der Waals surface area contributed by atoms with Gasteiger partial charge in [-0.2, -0.15) is 0 Å². The number of hydrogen-bond donors (Lipinski definition) is 2. The third-order valence-corrected chi connectivity index (χ3v) is 4.95. The molecule has 0 fully saturated rings. The predicted octanol–water partition coefficient (Wildman–Crippen LogP) is 3.30. The molecule has 0 heterocycles. The van der Waals surface area contributed by atoms with Crippen LogP contribution in [0.1, 0.15) is 5.56 Å². The number of rotatable bonds is 7. The first kappa shape index (κ1) is 18.6. The zero-order valence-electron chi connectivity index (χ0n) is 12.7. The molecule has 7 heteroatoms. The monoisotopic (exact) mass is 382 g/mol. The van der Waals surface area contributed by atoms with E-state index in [0.29, 0.717) is 21.4 Å². The van der Waals surface area contributed by atoms with Crippen molar-refractivity contribution < 1.29 is 9.59 Å². The molecule has 2 aromatic rings. The fraction of sp³-hybridized carbons (Fsp3) is 0.176. The molecule has 4 nitrogen and oxygen atoms in total. The minimum Gasteiger partial charge on any atom is -0.368 e. The Hall–Kier alpha value is -1.69. The number of carbonyl (C=O) groups is 2. The average molecular weight is 383 g/mol. The highest BCUT2D eigenvalue weighted by atomic mass is 35.5. The Kier molecular flexibility index (Phi) is 6.97. The molecule has 3 N–H and O–H groups in total. The van der Waals surface area contributed by atoms with E-state index in [0.717, 1.165) is 5.56 Å². The van der Waals surface area contributed by atoms with Crippen LogP contribution in [-0.4, -0.2) is 23.6 Å². The van der Waals surface area contributed by atoms with E-state index in [4.69, 9.17) is 28.9 Å². The Morgan fingerprint density at radius 1 is 1.12 bits per heavy atom. The van der Waals surface area contributed by atoms with Crippen LogP contribution < -0.4 is 11.1 Å². The highest BCUT2D eigenvalue weighted by molar-refractivity contribution is 8.00. The minimum absolute atomic E-state index is 0.110. The van der Waals surface area contributed by atoms with Crippen molar-refractivity contribution in [2.75, 3.05) is 5.75 Å². The quantitative estimate of drug-likeness (QED) is 0.721. The molecule has 0 aliphatic rings. The van der Waals surface area contributed by atoms with E-state index in [2.05, 4.69) is 5.32 Å². The van der Waals surface area contributed by atoms with Crippen LogP contribution in [0.4, 0.5) is 0 Å². The van der Waals surface area contributed by atoms with Gasteiger partial charge in [0.2, 0.25) is 11.8 Å². The van der Waals surface area contributed by atoms with E-state index in [1.807, 2.05) is 30.3 Å². The lowest BCUT2D eigenvalue weighted by atomic mass is 10.1. The fourth-order valence-electron chi connectivity index (χ4n) is 2.04. The number of benzene rings is 2. The van der Waals surface area contributed by atoms with Crippen molar-refractivity contribution in [3.63, 3.8) is 0 Å². The van der Waals surface area contributed by atoms with Crippen molar-refractivity contribution in [3.8, 4) is 0 Å². The number of carbonyl (C=O) groups excluding carboxylic acids is 2. The molecule has 0 saturated heterocycles. The van der Waals surface area contributed by atoms with Gasteiger partial charge < -0.3 is 11.1 Å². The van der Waals surface area contributed by atoms with Crippen molar-refractivity contribution in [1.82, 2.24) is 5.32 Å². The highest BCUT2D eigenvalue weighted by Crippen LogP contribution is 2.29. The Balaban J connectivity index is 1.93. The molecular weight excluding hydrogens is 367 g/mol. The van der Waals surface area contributed by atoms with Crippen LogP contribution >= 0.6 is 35.0 Å². The van der Waals surface area contributed by atoms with Crippen molar-refractivity contribution >= 4 is 46.8 Å². The van der Waals surface area contributed by atoms with Gasteiger partial charge in [-0.3, -0.25) is 9.59 Å². The largest absolute Gasteiger partial charge is 0.368 e. The van der Waals surface area contributed by atoms with Gasteiger partial charge in [0.1, 0.15) is 6.04 Å². The van der Waals surface area contributed by atoms with Gasteiger partial charge in [0.05, 0.1) is 10.8 Å². The third-order valence-electron chi connectivity index (χ3n) is 3.21. The van der Waals surface area contributed by atoms with Gasteiger partial charge >= 0.3 is 0 Å². The van der Waals surface area contributed by atoms with Crippen LogP contribution in [0.2, 0.25) is 10.0 Å². The lowest BCUT2D eigenvalue weighted by molar-refractivity contribution is -0.125. The molecule has 0 radical (unpaired) electrons. The SMILES string of the molecule is NC(=O)C(Cc1ccccc1)NC(=O)CSc1cc(Cl)ccc1Cl. The van der Waals surface area contributed by atoms with Gasteiger partial charge in [0, 0.05) is 16.3 Å². The zero-order chi connectivity index (χ0) is 17.5. The molecular formula is C17H16Cl2N2O2S. The molecule has 1 unspecified atom stereocenters. The first-order valence-corrected chi connectivity index (χ1v) is 8.90. The molecule has 0 bridgehead atoms. The standard InChI is InChI=1S/C17H16Cl2N2O2S/c18-12-6-7-13(19)15(9-12)24-10-16(22)21-14(17(20)23)8-11-4-2-1-3-5-11/h1-7,9,14H,8,10H2,(H2,20,23)(H,21,22). The normalized spacial score (nSPS) is 11.8. The number of thioether (sulfide) groups is 1. The summed E-state index contributed by atoms with van der Waals surface area (Å²) in [6.07, 6.45) is 0.352. The van der Waals surface area contributed by atoms with Crippen molar-refractivity contribution in [2.45, 2.75) is 17.4 Å². The Morgan fingerprint density at radius 3 is 2.50 bits per heavy atom. The van der Waals surface area contributed by atoms with E-state index in [1.54, 1.807) is 18.2 Å². The molecule has 0 aliphatic carbocycles. The summed E-state index contributed by atoms with van der Waals surface area (Å²) < 4.78 is 0. The molecule has 2 rings (SSSR count). The summed E-state index contributed by atoms with van der Waals surface area (Å²) in [5.74, 6) is -0.757. The molecule has 0 aliphatic heterocycles. The third kappa shape index (κ3) is 5.74. The van der Waals surface area contributed by atoms with Gasteiger partial charge in [0.25, 0.3) is 0 Å². The number of amides is 2. The summed E-state index contributed by atoms with van der Waals surface area (Å²) in [7, 11) is 0. The van der Waals surface area contributed by atoms with Gasteiger partial charge in [-0.05, 0) is 23.8 Å². The van der Waals surface area contributed by atoms with Crippen LogP contribution in [0, 0.1) is 0 Å². The van der Waals surface area contributed by atoms with E-state index < -0.39 is 11.9 Å². The van der Waals surface area contributed by atoms with E-state index >= 15 is 0 Å². The molecule has 1 atom stereocenters. The predicted molar refractivity (Wildman–Crippen MR) is 98.5 cm³/mol. The second kappa shape index (κ2) is 8.97. The number of hydrogen-bond acceptors (Lipinski definition) is 3. The molecule has 24 heavy (non-hydrogen) atoms. The average Bonchev–Trinajstić information content (AvgIpc) is 2.56. The first-order valence-electron chi connectivity index (χ1n) is 7.16. The summed E-state index contributed by atoms with van der Waals surface area (Å²) in [4.78, 5) is 24.4. The van der Waals surface area contributed by atoms with E-state index in [1.165, 1.54) is 11.8 Å². The lowest BCUT2D eigenvalue weighted by Gasteiger charge is -2.15. The van der Waals surface area contributed by atoms with Crippen molar-refractivity contribution in [1.29, 1.82) is 0 Å². The van der Waals surface area contributed by atoms with Gasteiger partial charge in [-0.25, -0.2) is 0 Å². The van der Waals surface area contributed by atoms with Crippen molar-refractivity contribution in [3.05, 3.63) is 64.1 Å². The Bertz CT molecular complexity index is 726. The van der Waals surface area contributed by atoms with Crippen LogP contribution in [0.15, 0.2) is 53.4 Å². The summed E-state index contributed by atoms with van der Waals surface area (Å²) in [5.41, 5.74) is 6.31. The number of primary amides is 1. The molecule has 0 spiro atoms. The van der Waals surface area contributed by atoms with Crippen LogP contribution in [0.25, 0.3) is 0 Å². The summed E-state index contributed by atoms with van der Waals surface area (Å²) in [6, 6.07) is 13.7. The smallest absolute Gasteiger partial charge is 0.240 e. The second-order valence-corrected chi connectivity index (χ2v) is 6.94. The zero-order valence-corrected chi connectivity index (χ0v) is 15.0. The Labute approximate surface area is 154 Å². The molecule has 2 amide bonds. The highest BCUT2D eigenvalue weighted by Gasteiger charge is 2.18. The topological polar surface area (TPSA) is 72.2 Å². The summed E-state index contributed by atoms with van der Waals surface area (Å²) in [5, 5.41) is 3.72. The Morgan fingerprint density at radius 2 is 1.83 bits per heavy atom. The first-order chi connectivity index (χ1) is 11.5. The molecule has 2 aromatic carbocycles. The minimum atomic E-state index is -0.754. The fourth-order valence-corrected chi connectivity index (χ4v) is 3.34. The number of halogens is 2. The number of nitrogens with two attached hydrogens (primary N) is 1. The van der Waals surface area contributed by atoms with Crippen molar-refractivity contribution in [2.24, 2.45) is 5.73 Å². The maximum absolute atomic E-state index is 12.1. The maximum Gasteiger partial charge on any atom is 0.240 e. The van der Waals surface area contributed by atoms with Crippen LogP contribution in [0.3, 0.4) is 0 Å². The van der Waals surface area contributed by atoms with Crippen LogP contribution in [0.5, 0.6) is 0 Å². The summed E-state index contributed by atoms with van der Waals surface area (Å²) >= 11 is 13.2. The van der Waals surface area contributed by atoms with Crippen LogP contribution in [-0.2, 0) is 16.0 Å². The lowest BCUT2D eigenvalue weighted by Crippen LogP contribution is -2.46. The second-order valence-electron chi connectivity index (χ2n) is 5.08.